The number of halogens is 2. The molecule has 1 aromatic carbocycles. The molecule has 0 amide bonds. The lowest BCUT2D eigenvalue weighted by atomic mass is 9.99. The van der Waals surface area contributed by atoms with Crippen LogP contribution in [-0.2, 0) is 6.42 Å². The molecule has 1 atom stereocenters. The van der Waals surface area contributed by atoms with E-state index in [1.54, 1.807) is 18.4 Å². The maximum atomic E-state index is 13.8. The monoisotopic (exact) mass is 267 g/mol. The van der Waals surface area contributed by atoms with Crippen molar-refractivity contribution in [3.63, 3.8) is 0 Å². The Kier molecular flexibility index (Phi) is 4.04. The van der Waals surface area contributed by atoms with Gasteiger partial charge in [-0.05, 0) is 44.2 Å². The van der Waals surface area contributed by atoms with Crippen molar-refractivity contribution in [3.05, 3.63) is 58.3 Å². The van der Waals surface area contributed by atoms with Crippen molar-refractivity contribution in [2.24, 2.45) is 0 Å². The van der Waals surface area contributed by atoms with E-state index in [1.165, 1.54) is 6.07 Å². The zero-order valence-electron chi connectivity index (χ0n) is 10.3. The number of likely N-dealkylation sites (N-methyl/N-ethyl adjacent to an activating group) is 1. The van der Waals surface area contributed by atoms with E-state index in [2.05, 4.69) is 5.32 Å². The lowest BCUT2D eigenvalue weighted by Gasteiger charge is -2.16. The van der Waals surface area contributed by atoms with Crippen molar-refractivity contribution >= 4 is 11.6 Å². The molecule has 1 unspecified atom stereocenters. The van der Waals surface area contributed by atoms with Crippen LogP contribution in [0.3, 0.4) is 0 Å². The molecule has 2 rings (SSSR count). The van der Waals surface area contributed by atoms with Gasteiger partial charge in [-0.15, -0.1) is 0 Å². The number of hydrogen-bond donors (Lipinski definition) is 1. The first-order valence-corrected chi connectivity index (χ1v) is 6.14. The lowest BCUT2D eigenvalue weighted by Crippen LogP contribution is -2.19. The summed E-state index contributed by atoms with van der Waals surface area (Å²) in [4.78, 5) is 0. The highest BCUT2D eigenvalue weighted by atomic mass is 35.5. The van der Waals surface area contributed by atoms with Crippen molar-refractivity contribution in [3.8, 4) is 0 Å². The maximum Gasteiger partial charge on any atom is 0.127 e. The molecule has 0 aliphatic carbocycles. The number of benzene rings is 1. The van der Waals surface area contributed by atoms with E-state index in [4.69, 9.17) is 16.0 Å². The summed E-state index contributed by atoms with van der Waals surface area (Å²) in [5, 5.41) is 3.59. The second kappa shape index (κ2) is 5.55. The summed E-state index contributed by atoms with van der Waals surface area (Å²) in [5.41, 5.74) is 1.69. The van der Waals surface area contributed by atoms with Crippen LogP contribution in [0.4, 0.5) is 4.39 Å². The zero-order valence-corrected chi connectivity index (χ0v) is 11.1. The van der Waals surface area contributed by atoms with Gasteiger partial charge >= 0.3 is 0 Å². The van der Waals surface area contributed by atoms with Crippen molar-refractivity contribution in [2.45, 2.75) is 19.4 Å². The van der Waals surface area contributed by atoms with E-state index in [-0.39, 0.29) is 11.9 Å². The molecular formula is C14H15ClFNO. The van der Waals surface area contributed by atoms with E-state index in [0.29, 0.717) is 17.0 Å². The predicted molar refractivity (Wildman–Crippen MR) is 70.4 cm³/mol. The Morgan fingerprint density at radius 2 is 2.17 bits per heavy atom. The van der Waals surface area contributed by atoms with Crippen LogP contribution in [-0.4, -0.2) is 7.05 Å². The van der Waals surface area contributed by atoms with Gasteiger partial charge in [-0.25, -0.2) is 4.39 Å². The Labute approximate surface area is 111 Å². The van der Waals surface area contributed by atoms with Crippen LogP contribution in [0.2, 0.25) is 5.02 Å². The standard InChI is InChI=1S/C14H15ClFNO/c1-9-12(5-6-18-9)14(17-2)7-10-3-4-11(15)8-13(10)16/h3-6,8,14,17H,7H2,1-2H3. The topological polar surface area (TPSA) is 25.2 Å². The van der Waals surface area contributed by atoms with Gasteiger partial charge in [0.1, 0.15) is 11.6 Å². The fourth-order valence-corrected chi connectivity index (χ4v) is 2.19. The van der Waals surface area contributed by atoms with Crippen LogP contribution >= 0.6 is 11.6 Å². The second-order valence-electron chi connectivity index (χ2n) is 4.21. The lowest BCUT2D eigenvalue weighted by molar-refractivity contribution is 0.507. The summed E-state index contributed by atoms with van der Waals surface area (Å²) in [6.07, 6.45) is 2.20. The first-order chi connectivity index (χ1) is 8.61. The third kappa shape index (κ3) is 2.74. The van der Waals surface area contributed by atoms with Crippen LogP contribution in [0.25, 0.3) is 0 Å². The van der Waals surface area contributed by atoms with Gasteiger partial charge in [0.2, 0.25) is 0 Å². The van der Waals surface area contributed by atoms with Gasteiger partial charge in [-0.1, -0.05) is 17.7 Å². The van der Waals surface area contributed by atoms with Crippen molar-refractivity contribution in [1.82, 2.24) is 5.32 Å². The first-order valence-electron chi connectivity index (χ1n) is 5.77. The molecule has 1 aromatic heterocycles. The predicted octanol–water partition coefficient (Wildman–Crippen LogP) is 3.88. The molecular weight excluding hydrogens is 253 g/mol. The number of furan rings is 1. The van der Waals surface area contributed by atoms with Crippen LogP contribution < -0.4 is 5.32 Å². The molecule has 1 N–H and O–H groups in total. The number of aryl methyl sites for hydroxylation is 1. The van der Waals surface area contributed by atoms with Crippen LogP contribution in [0.15, 0.2) is 34.9 Å². The highest BCUT2D eigenvalue weighted by Gasteiger charge is 2.16. The van der Waals surface area contributed by atoms with Crippen molar-refractivity contribution in [2.75, 3.05) is 7.05 Å². The van der Waals surface area contributed by atoms with Crippen LogP contribution in [0.1, 0.15) is 22.9 Å². The smallest absolute Gasteiger partial charge is 0.127 e. The van der Waals surface area contributed by atoms with Gasteiger partial charge in [0, 0.05) is 16.6 Å². The molecule has 0 radical (unpaired) electrons. The Morgan fingerprint density at radius 3 is 2.72 bits per heavy atom. The Bertz CT molecular complexity index is 538. The Hall–Kier alpha value is -1.32. The van der Waals surface area contributed by atoms with Gasteiger partial charge < -0.3 is 9.73 Å². The maximum absolute atomic E-state index is 13.8. The molecule has 0 saturated carbocycles. The molecule has 2 nitrogen and oxygen atoms in total. The molecule has 0 aliphatic rings. The molecule has 0 spiro atoms. The summed E-state index contributed by atoms with van der Waals surface area (Å²) >= 11 is 5.74. The highest BCUT2D eigenvalue weighted by Crippen LogP contribution is 2.24. The first kappa shape index (κ1) is 13.1. The largest absolute Gasteiger partial charge is 0.469 e. The van der Waals surface area contributed by atoms with Crippen molar-refractivity contribution < 1.29 is 8.81 Å². The normalized spacial score (nSPS) is 12.7. The van der Waals surface area contributed by atoms with E-state index in [1.807, 2.05) is 20.0 Å². The summed E-state index contributed by atoms with van der Waals surface area (Å²) in [5.74, 6) is 0.576. The molecule has 1 heterocycles. The molecule has 0 bridgehead atoms. The zero-order chi connectivity index (χ0) is 13.1. The number of hydrogen-bond acceptors (Lipinski definition) is 2. The van der Waals surface area contributed by atoms with Gasteiger partial charge in [0.25, 0.3) is 0 Å². The SMILES string of the molecule is CNC(Cc1ccc(Cl)cc1F)c1ccoc1C. The third-order valence-electron chi connectivity index (χ3n) is 3.06. The van der Waals surface area contributed by atoms with Crippen molar-refractivity contribution in [1.29, 1.82) is 0 Å². The molecule has 2 aromatic rings. The van der Waals surface area contributed by atoms with Crippen LogP contribution in [0.5, 0.6) is 0 Å². The molecule has 4 heteroatoms. The summed E-state index contributed by atoms with van der Waals surface area (Å²) < 4.78 is 19.0. The Morgan fingerprint density at radius 1 is 1.39 bits per heavy atom. The highest BCUT2D eigenvalue weighted by molar-refractivity contribution is 6.30. The number of rotatable bonds is 4. The average molecular weight is 268 g/mol. The van der Waals surface area contributed by atoms with E-state index in [9.17, 15) is 4.39 Å². The van der Waals surface area contributed by atoms with Gasteiger partial charge in [-0.3, -0.25) is 0 Å². The minimum absolute atomic E-state index is 0.0272. The van der Waals surface area contributed by atoms with Gasteiger partial charge in [-0.2, -0.15) is 0 Å². The summed E-state index contributed by atoms with van der Waals surface area (Å²) in [6.45, 7) is 1.90. The minimum Gasteiger partial charge on any atom is -0.469 e. The molecule has 18 heavy (non-hydrogen) atoms. The second-order valence-corrected chi connectivity index (χ2v) is 4.65. The molecule has 0 saturated heterocycles. The fraction of sp³-hybridized carbons (Fsp3) is 0.286. The quantitative estimate of drug-likeness (QED) is 0.909. The average Bonchev–Trinajstić information content (AvgIpc) is 2.75. The minimum atomic E-state index is -0.274. The Balaban J connectivity index is 2.23. The van der Waals surface area contributed by atoms with Crippen LogP contribution in [0, 0.1) is 12.7 Å². The van der Waals surface area contributed by atoms with Gasteiger partial charge in [0.15, 0.2) is 0 Å². The van der Waals surface area contributed by atoms with E-state index < -0.39 is 0 Å². The summed E-state index contributed by atoms with van der Waals surface area (Å²) in [6, 6.07) is 6.70. The van der Waals surface area contributed by atoms with E-state index >= 15 is 0 Å². The van der Waals surface area contributed by atoms with Gasteiger partial charge in [0.05, 0.1) is 6.26 Å². The van der Waals surface area contributed by atoms with E-state index in [0.717, 1.165) is 11.3 Å². The third-order valence-corrected chi connectivity index (χ3v) is 3.30. The number of nitrogens with one attached hydrogen (secondary N) is 1. The molecule has 96 valence electrons. The molecule has 0 fully saturated rings. The summed E-state index contributed by atoms with van der Waals surface area (Å²) in [7, 11) is 1.85. The molecule has 0 aliphatic heterocycles. The fourth-order valence-electron chi connectivity index (χ4n) is 2.03.